The van der Waals surface area contributed by atoms with Crippen LogP contribution in [0, 0.1) is 0 Å². The molecule has 0 bridgehead atoms. The molecule has 1 aliphatic heterocycles. The Kier molecular flexibility index (Phi) is 12.2. The minimum atomic E-state index is -0.264. The summed E-state index contributed by atoms with van der Waals surface area (Å²) >= 11 is 0. The van der Waals surface area contributed by atoms with Gasteiger partial charge in [0.05, 0.1) is 35.0 Å². The van der Waals surface area contributed by atoms with Crippen molar-refractivity contribution in [2.75, 3.05) is 61.2 Å². The van der Waals surface area contributed by atoms with Crippen molar-refractivity contribution in [1.82, 2.24) is 9.80 Å². The van der Waals surface area contributed by atoms with E-state index in [0.717, 1.165) is 44.0 Å². The molecule has 0 unspecified atom stereocenters. The molecule has 0 aliphatic carbocycles. The van der Waals surface area contributed by atoms with Crippen LogP contribution in [0.3, 0.4) is 0 Å². The van der Waals surface area contributed by atoms with Gasteiger partial charge in [0.25, 0.3) is 0 Å². The number of ether oxygens (including phenoxy) is 5. The summed E-state index contributed by atoms with van der Waals surface area (Å²) in [6.07, 6.45) is 0. The first-order chi connectivity index (χ1) is 15.1. The van der Waals surface area contributed by atoms with E-state index in [1.54, 1.807) is 52.7 Å². The average molecular weight is 503 g/mol. The second-order valence-corrected chi connectivity index (χ2v) is 7.20. The summed E-state index contributed by atoms with van der Waals surface area (Å²) in [7, 11) is 6.44. The van der Waals surface area contributed by atoms with E-state index in [2.05, 4.69) is 9.80 Å². The first kappa shape index (κ1) is 28.6. The van der Waals surface area contributed by atoms with Gasteiger partial charge in [-0.05, 0) is 30.3 Å². The fourth-order valence-corrected chi connectivity index (χ4v) is 3.62. The zero-order valence-corrected chi connectivity index (χ0v) is 21.0. The van der Waals surface area contributed by atoms with Crippen LogP contribution in [0.25, 0.3) is 0 Å². The minimum absolute atomic E-state index is 0. The summed E-state index contributed by atoms with van der Waals surface area (Å²) in [6, 6.07) is 10.9. The summed E-state index contributed by atoms with van der Waals surface area (Å²) in [5.74, 6) is 2.91. The smallest absolute Gasteiger partial charge is 0.325 e. The third kappa shape index (κ3) is 7.57. The molecule has 0 aromatic heterocycles. The Balaban J connectivity index is 0.00000272. The number of methoxy groups -OCH3 is 4. The maximum Gasteiger partial charge on any atom is 0.325 e. The Labute approximate surface area is 207 Å². The first-order valence-corrected chi connectivity index (χ1v) is 10.1. The molecule has 1 saturated heterocycles. The van der Waals surface area contributed by atoms with Gasteiger partial charge in [0.15, 0.2) is 11.5 Å². The first-order valence-electron chi connectivity index (χ1n) is 10.1. The molecule has 1 fully saturated rings. The highest BCUT2D eigenvalue weighted by Crippen LogP contribution is 2.40. The molecular formula is C23H32Cl2N2O6. The summed E-state index contributed by atoms with van der Waals surface area (Å²) in [5.41, 5.74) is 1.03. The number of halogens is 2. The molecule has 1 heterocycles. The van der Waals surface area contributed by atoms with Crippen molar-refractivity contribution in [2.45, 2.75) is 6.54 Å². The van der Waals surface area contributed by atoms with Gasteiger partial charge >= 0.3 is 5.97 Å². The van der Waals surface area contributed by atoms with Gasteiger partial charge in [-0.25, -0.2) is 0 Å². The van der Waals surface area contributed by atoms with Crippen LogP contribution in [0.2, 0.25) is 0 Å². The molecule has 0 atom stereocenters. The number of piperazine rings is 1. The number of carbonyl (C=O) groups is 1. The number of hydrogen-bond donors (Lipinski definition) is 0. The van der Waals surface area contributed by atoms with Gasteiger partial charge < -0.3 is 23.7 Å². The number of carbonyl (C=O) groups excluding carboxylic acids is 1. The fourth-order valence-electron chi connectivity index (χ4n) is 3.62. The normalized spacial score (nSPS) is 13.8. The Morgan fingerprint density at radius 1 is 0.727 bits per heavy atom. The number of esters is 1. The highest BCUT2D eigenvalue weighted by molar-refractivity contribution is 5.85. The molecule has 0 spiro atoms. The Bertz CT molecular complexity index is 874. The van der Waals surface area contributed by atoms with Gasteiger partial charge in [-0.2, -0.15) is 0 Å². The largest absolute Gasteiger partial charge is 0.497 e. The summed E-state index contributed by atoms with van der Waals surface area (Å²) in [4.78, 5) is 16.7. The van der Waals surface area contributed by atoms with Gasteiger partial charge in [-0.3, -0.25) is 14.6 Å². The fraction of sp³-hybridized carbons (Fsp3) is 0.435. The van der Waals surface area contributed by atoms with E-state index in [-0.39, 0.29) is 37.3 Å². The van der Waals surface area contributed by atoms with Crippen LogP contribution in [-0.2, 0) is 11.3 Å². The quantitative estimate of drug-likeness (QED) is 0.382. The monoisotopic (exact) mass is 502 g/mol. The van der Waals surface area contributed by atoms with E-state index >= 15 is 0 Å². The van der Waals surface area contributed by atoms with Gasteiger partial charge in [-0.1, -0.05) is 6.07 Å². The minimum Gasteiger partial charge on any atom is -0.497 e. The summed E-state index contributed by atoms with van der Waals surface area (Å²) in [6.45, 7) is 4.24. The standard InChI is InChI=1S/C23H30N2O6.2ClH/c1-27-18-6-8-19(9-7-18)31-21(26)16-25-13-11-24(12-14-25)15-17-5-10-20(28-2)23(30-4)22(17)29-3;;/h5-10H,11-16H2,1-4H3;2*1H. The molecule has 2 aromatic carbocycles. The zero-order valence-electron chi connectivity index (χ0n) is 19.4. The van der Waals surface area contributed by atoms with Crippen molar-refractivity contribution in [3.05, 3.63) is 42.0 Å². The van der Waals surface area contributed by atoms with Gasteiger partial charge in [0.2, 0.25) is 5.75 Å². The lowest BCUT2D eigenvalue weighted by Gasteiger charge is -2.34. The van der Waals surface area contributed by atoms with Crippen LogP contribution < -0.4 is 23.7 Å². The Hall–Kier alpha value is -2.39. The van der Waals surface area contributed by atoms with Crippen LogP contribution in [0.4, 0.5) is 0 Å². The second-order valence-electron chi connectivity index (χ2n) is 7.20. The van der Waals surface area contributed by atoms with Crippen molar-refractivity contribution < 1.29 is 28.5 Å². The van der Waals surface area contributed by atoms with E-state index in [9.17, 15) is 4.79 Å². The van der Waals surface area contributed by atoms with Crippen molar-refractivity contribution in [1.29, 1.82) is 0 Å². The molecule has 0 amide bonds. The predicted molar refractivity (Wildman–Crippen MR) is 131 cm³/mol. The maximum atomic E-state index is 12.3. The van der Waals surface area contributed by atoms with E-state index in [1.165, 1.54) is 0 Å². The summed E-state index contributed by atoms with van der Waals surface area (Å²) < 4.78 is 27.0. The molecule has 184 valence electrons. The van der Waals surface area contributed by atoms with Crippen molar-refractivity contribution in [2.24, 2.45) is 0 Å². The Morgan fingerprint density at radius 2 is 1.30 bits per heavy atom. The number of rotatable bonds is 9. The topological polar surface area (TPSA) is 69.7 Å². The van der Waals surface area contributed by atoms with E-state index in [1.807, 2.05) is 12.1 Å². The van der Waals surface area contributed by atoms with Gasteiger partial charge in [-0.15, -0.1) is 24.8 Å². The molecule has 3 rings (SSSR count). The lowest BCUT2D eigenvalue weighted by Crippen LogP contribution is -2.48. The molecule has 10 heteroatoms. The second kappa shape index (κ2) is 14.0. The number of hydrogen-bond acceptors (Lipinski definition) is 8. The highest BCUT2D eigenvalue weighted by Gasteiger charge is 2.22. The maximum absolute atomic E-state index is 12.3. The lowest BCUT2D eigenvalue weighted by molar-refractivity contribution is -0.136. The van der Waals surface area contributed by atoms with Crippen LogP contribution in [0.5, 0.6) is 28.7 Å². The average Bonchev–Trinajstić information content (AvgIpc) is 2.80. The molecule has 33 heavy (non-hydrogen) atoms. The third-order valence-electron chi connectivity index (χ3n) is 5.29. The number of benzene rings is 2. The summed E-state index contributed by atoms with van der Waals surface area (Å²) in [5, 5.41) is 0. The molecular weight excluding hydrogens is 471 g/mol. The van der Waals surface area contributed by atoms with E-state index < -0.39 is 0 Å². The van der Waals surface area contributed by atoms with Gasteiger partial charge in [0.1, 0.15) is 11.5 Å². The zero-order chi connectivity index (χ0) is 22.2. The SMILES string of the molecule is COc1ccc(OC(=O)CN2CCN(Cc3ccc(OC)c(OC)c3OC)CC2)cc1.Cl.Cl. The molecule has 0 N–H and O–H groups in total. The molecule has 2 aromatic rings. The van der Waals surface area contributed by atoms with Crippen LogP contribution in [0.1, 0.15) is 5.56 Å². The predicted octanol–water partition coefficient (Wildman–Crippen LogP) is 3.29. The Morgan fingerprint density at radius 3 is 1.85 bits per heavy atom. The van der Waals surface area contributed by atoms with E-state index in [4.69, 9.17) is 23.7 Å². The lowest BCUT2D eigenvalue weighted by atomic mass is 10.1. The van der Waals surface area contributed by atoms with Crippen LogP contribution >= 0.6 is 24.8 Å². The highest BCUT2D eigenvalue weighted by atomic mass is 35.5. The molecule has 1 aliphatic rings. The van der Waals surface area contributed by atoms with Gasteiger partial charge in [0, 0.05) is 38.3 Å². The third-order valence-corrected chi connectivity index (χ3v) is 5.29. The van der Waals surface area contributed by atoms with Crippen molar-refractivity contribution in [3.8, 4) is 28.7 Å². The van der Waals surface area contributed by atoms with Crippen LogP contribution in [0.15, 0.2) is 36.4 Å². The van der Waals surface area contributed by atoms with Crippen molar-refractivity contribution in [3.63, 3.8) is 0 Å². The number of nitrogens with zero attached hydrogens (tertiary/aromatic N) is 2. The molecule has 8 nitrogen and oxygen atoms in total. The molecule has 0 saturated carbocycles. The van der Waals surface area contributed by atoms with E-state index in [0.29, 0.717) is 23.0 Å². The van der Waals surface area contributed by atoms with Crippen molar-refractivity contribution >= 4 is 30.8 Å². The molecule has 0 radical (unpaired) electrons. The van der Waals surface area contributed by atoms with Crippen LogP contribution in [-0.4, -0.2) is 76.9 Å².